The lowest BCUT2D eigenvalue weighted by Crippen LogP contribution is -2.24. The fourth-order valence-electron chi connectivity index (χ4n) is 4.69. The molecule has 3 aromatic rings. The van der Waals surface area contributed by atoms with E-state index in [-0.39, 0.29) is 30.0 Å². The van der Waals surface area contributed by atoms with Gasteiger partial charge in [-0.25, -0.2) is 4.99 Å². The molecule has 0 spiro atoms. The van der Waals surface area contributed by atoms with Crippen molar-refractivity contribution in [1.82, 2.24) is 15.1 Å². The molecular weight excluding hydrogens is 546 g/mol. The number of aliphatic hydroxyl groups excluding tert-OH is 1. The molecule has 2 atom stereocenters. The standard InChI is InChI=1S/C26H22F6N4O2S/c27-25(28,29)18-3-2-16(20(10-18)26(30,31)32)13-36-21-4-1-14(7-17(21)11-34-36)8-22-23(38)35-24(39-22)15-5-6-33-12-19(37)9-15/h1-4,7-8,10-11,15,19,33,37H,5-6,9,12-13H2. The summed E-state index contributed by atoms with van der Waals surface area (Å²) in [4.78, 5) is 17.1. The number of rotatable bonds is 4. The van der Waals surface area contributed by atoms with Crippen LogP contribution in [0.3, 0.4) is 0 Å². The smallest absolute Gasteiger partial charge is 0.392 e. The Labute approximate surface area is 222 Å². The molecule has 0 saturated carbocycles. The van der Waals surface area contributed by atoms with Gasteiger partial charge in [-0.2, -0.15) is 31.4 Å². The van der Waals surface area contributed by atoms with E-state index in [1.165, 1.54) is 22.6 Å². The van der Waals surface area contributed by atoms with Crippen molar-refractivity contribution in [1.29, 1.82) is 0 Å². The van der Waals surface area contributed by atoms with Crippen LogP contribution in [0.2, 0.25) is 0 Å². The monoisotopic (exact) mass is 568 g/mol. The molecule has 2 N–H and O–H groups in total. The van der Waals surface area contributed by atoms with Crippen LogP contribution in [0, 0.1) is 5.92 Å². The van der Waals surface area contributed by atoms with E-state index in [4.69, 9.17) is 0 Å². The van der Waals surface area contributed by atoms with Gasteiger partial charge in [-0.1, -0.05) is 23.9 Å². The van der Waals surface area contributed by atoms with Crippen molar-refractivity contribution >= 4 is 39.7 Å². The minimum absolute atomic E-state index is 0.0256. The van der Waals surface area contributed by atoms with E-state index < -0.39 is 29.6 Å². The van der Waals surface area contributed by atoms with Crippen LogP contribution in [0.4, 0.5) is 26.3 Å². The summed E-state index contributed by atoms with van der Waals surface area (Å²) >= 11 is 1.27. The second-order valence-electron chi connectivity index (χ2n) is 9.43. The number of aliphatic hydroxyl groups is 1. The highest BCUT2D eigenvalue weighted by atomic mass is 32.2. The second kappa shape index (κ2) is 10.4. The minimum Gasteiger partial charge on any atom is -0.392 e. The minimum atomic E-state index is -4.98. The number of hydrogen-bond acceptors (Lipinski definition) is 5. The number of carbonyl (C=O) groups is 1. The normalized spacial score (nSPS) is 22.0. The molecule has 39 heavy (non-hydrogen) atoms. The lowest BCUT2D eigenvalue weighted by Gasteiger charge is -2.16. The quantitative estimate of drug-likeness (QED) is 0.321. The molecule has 0 aliphatic carbocycles. The Balaban J connectivity index is 1.37. The van der Waals surface area contributed by atoms with Crippen LogP contribution in [-0.4, -0.2) is 45.0 Å². The first-order valence-corrected chi connectivity index (χ1v) is 12.8. The zero-order valence-corrected chi connectivity index (χ0v) is 21.0. The molecule has 1 aromatic heterocycles. The maximum atomic E-state index is 13.6. The molecule has 1 amide bonds. The predicted molar refractivity (Wildman–Crippen MR) is 135 cm³/mol. The average molecular weight is 569 g/mol. The molecule has 3 heterocycles. The van der Waals surface area contributed by atoms with Gasteiger partial charge in [0.1, 0.15) is 0 Å². The molecule has 13 heteroatoms. The van der Waals surface area contributed by atoms with Crippen LogP contribution in [0.15, 0.2) is 52.5 Å². The van der Waals surface area contributed by atoms with Crippen LogP contribution >= 0.6 is 11.8 Å². The van der Waals surface area contributed by atoms with Crippen molar-refractivity contribution in [2.45, 2.75) is 37.8 Å². The van der Waals surface area contributed by atoms with Crippen molar-refractivity contribution in [3.05, 3.63) is 69.8 Å². The first-order valence-electron chi connectivity index (χ1n) is 12.0. The van der Waals surface area contributed by atoms with Crippen molar-refractivity contribution in [3.8, 4) is 0 Å². The number of β-amino-alcohol motifs (C(OH)–C–C–N with tert-alkyl or cyclic N) is 1. The molecule has 2 aromatic carbocycles. The van der Waals surface area contributed by atoms with Crippen LogP contribution in [0.5, 0.6) is 0 Å². The number of hydrogen-bond donors (Lipinski definition) is 2. The Hall–Kier alpha value is -3.16. The van der Waals surface area contributed by atoms with E-state index >= 15 is 0 Å². The van der Waals surface area contributed by atoms with Crippen molar-refractivity contribution in [2.24, 2.45) is 10.9 Å². The lowest BCUT2D eigenvalue weighted by molar-refractivity contribution is -0.143. The van der Waals surface area contributed by atoms with Gasteiger partial charge in [0.2, 0.25) is 0 Å². The summed E-state index contributed by atoms with van der Waals surface area (Å²) in [7, 11) is 0. The number of benzene rings is 2. The molecule has 0 radical (unpaired) electrons. The molecule has 5 rings (SSSR count). The fourth-order valence-corrected chi connectivity index (χ4v) is 5.75. The van der Waals surface area contributed by atoms with E-state index in [1.807, 2.05) is 0 Å². The van der Waals surface area contributed by atoms with Gasteiger partial charge in [0.05, 0.1) is 45.4 Å². The van der Waals surface area contributed by atoms with Gasteiger partial charge in [-0.15, -0.1) is 0 Å². The Morgan fingerprint density at radius 3 is 2.64 bits per heavy atom. The molecule has 2 unspecified atom stereocenters. The van der Waals surface area contributed by atoms with Gasteiger partial charge >= 0.3 is 12.4 Å². The molecule has 6 nitrogen and oxygen atoms in total. The number of nitrogens with one attached hydrogen (secondary N) is 1. The SMILES string of the molecule is O=C1N=C(C2CCNCC(O)C2)SC1=Cc1ccc2c(cnn2Cc2ccc(C(F)(F)F)cc2C(F)(F)F)c1. The van der Waals surface area contributed by atoms with Crippen molar-refractivity contribution < 1.29 is 36.2 Å². The van der Waals surface area contributed by atoms with Crippen LogP contribution in [-0.2, 0) is 23.7 Å². The van der Waals surface area contributed by atoms with Crippen LogP contribution in [0.1, 0.15) is 35.1 Å². The largest absolute Gasteiger partial charge is 0.416 e. The van der Waals surface area contributed by atoms with E-state index in [2.05, 4.69) is 15.4 Å². The van der Waals surface area contributed by atoms with Crippen molar-refractivity contribution in [3.63, 3.8) is 0 Å². The summed E-state index contributed by atoms with van der Waals surface area (Å²) in [5.74, 6) is -0.401. The number of halogens is 6. The first-order chi connectivity index (χ1) is 18.4. The van der Waals surface area contributed by atoms with E-state index in [0.717, 1.165) is 12.5 Å². The highest BCUT2D eigenvalue weighted by molar-refractivity contribution is 8.18. The van der Waals surface area contributed by atoms with Gasteiger partial charge in [0.15, 0.2) is 0 Å². The number of aromatic nitrogens is 2. The summed E-state index contributed by atoms with van der Waals surface area (Å²) in [6, 6.07) is 6.58. The third-order valence-electron chi connectivity index (χ3n) is 6.62. The lowest BCUT2D eigenvalue weighted by atomic mass is 10.0. The topological polar surface area (TPSA) is 79.5 Å². The van der Waals surface area contributed by atoms with Gasteiger partial charge in [-0.3, -0.25) is 9.48 Å². The van der Waals surface area contributed by atoms with Gasteiger partial charge < -0.3 is 10.4 Å². The number of fused-ring (bicyclic) bond motifs is 1. The molecule has 2 aliphatic rings. The number of carbonyl (C=O) groups excluding carboxylic acids is 1. The highest BCUT2D eigenvalue weighted by Gasteiger charge is 2.38. The zero-order chi connectivity index (χ0) is 27.9. The van der Waals surface area contributed by atoms with Crippen molar-refractivity contribution in [2.75, 3.05) is 13.1 Å². The van der Waals surface area contributed by atoms with Gasteiger partial charge in [0, 0.05) is 17.8 Å². The Kier molecular flexibility index (Phi) is 7.33. The maximum Gasteiger partial charge on any atom is 0.416 e. The van der Waals surface area contributed by atoms with Crippen LogP contribution < -0.4 is 5.32 Å². The number of alkyl halides is 6. The molecule has 0 bridgehead atoms. The molecule has 2 aliphatic heterocycles. The van der Waals surface area contributed by atoms with Gasteiger partial charge in [-0.05, 0) is 60.9 Å². The Morgan fingerprint density at radius 2 is 1.90 bits per heavy atom. The summed E-state index contributed by atoms with van der Waals surface area (Å²) in [5.41, 5.74) is -1.95. The summed E-state index contributed by atoms with van der Waals surface area (Å²) in [5, 5.41) is 18.6. The van der Waals surface area contributed by atoms with Crippen LogP contribution in [0.25, 0.3) is 17.0 Å². The summed E-state index contributed by atoms with van der Waals surface area (Å²) in [6.07, 6.45) is -6.01. The molecular formula is C26H22F6N4O2S. The Bertz CT molecular complexity index is 1480. The number of amides is 1. The zero-order valence-electron chi connectivity index (χ0n) is 20.2. The summed E-state index contributed by atoms with van der Waals surface area (Å²) < 4.78 is 81.0. The van der Waals surface area contributed by atoms with Gasteiger partial charge in [0.25, 0.3) is 5.91 Å². The van der Waals surface area contributed by atoms with E-state index in [9.17, 15) is 36.2 Å². The molecule has 1 fully saturated rings. The Morgan fingerprint density at radius 1 is 1.10 bits per heavy atom. The first kappa shape index (κ1) is 27.4. The number of thioether (sulfide) groups is 1. The molecule has 1 saturated heterocycles. The fraction of sp³-hybridized carbons (Fsp3) is 0.346. The third kappa shape index (κ3) is 6.04. The third-order valence-corrected chi connectivity index (χ3v) is 7.76. The number of aliphatic imine (C=N–C) groups is 1. The van der Waals surface area contributed by atoms with E-state index in [0.29, 0.717) is 52.0 Å². The molecule has 206 valence electrons. The number of nitrogens with zero attached hydrogens (tertiary/aromatic N) is 3. The summed E-state index contributed by atoms with van der Waals surface area (Å²) in [6.45, 7) is 0.825. The average Bonchev–Trinajstić information content (AvgIpc) is 3.34. The predicted octanol–water partition coefficient (Wildman–Crippen LogP) is 5.50. The second-order valence-corrected chi connectivity index (χ2v) is 10.5. The highest BCUT2D eigenvalue weighted by Crippen LogP contribution is 2.38. The maximum absolute atomic E-state index is 13.6. The van der Waals surface area contributed by atoms with E-state index in [1.54, 1.807) is 24.3 Å².